The first-order chi connectivity index (χ1) is 19.9. The van der Waals surface area contributed by atoms with Gasteiger partial charge in [-0.2, -0.15) is 0 Å². The zero-order chi connectivity index (χ0) is 28.1. The molecule has 0 unspecified atom stereocenters. The van der Waals surface area contributed by atoms with Crippen molar-refractivity contribution in [1.82, 2.24) is 9.97 Å². The van der Waals surface area contributed by atoms with Crippen LogP contribution in [0.4, 0.5) is 5.69 Å². The van der Waals surface area contributed by atoms with E-state index < -0.39 is 10.0 Å². The Balaban J connectivity index is 1.29. The van der Waals surface area contributed by atoms with E-state index in [-0.39, 0.29) is 10.8 Å². The Labute approximate surface area is 253 Å². The molecule has 0 radical (unpaired) electrons. The number of aromatic nitrogens is 2. The maximum atomic E-state index is 13.3. The van der Waals surface area contributed by atoms with Gasteiger partial charge in [0.2, 0.25) is 0 Å². The van der Waals surface area contributed by atoms with Crippen LogP contribution in [0, 0.1) is 0 Å². The molecule has 41 heavy (non-hydrogen) atoms. The van der Waals surface area contributed by atoms with Crippen molar-refractivity contribution < 1.29 is 8.42 Å². The molecule has 2 aromatic heterocycles. The monoisotopic (exact) mass is 683 g/mol. The summed E-state index contributed by atoms with van der Waals surface area (Å²) >= 11 is 7.27. The highest BCUT2D eigenvalue weighted by Gasteiger charge is 2.24. The molecule has 0 amide bonds. The van der Waals surface area contributed by atoms with Crippen LogP contribution < -0.4 is 4.72 Å². The van der Waals surface area contributed by atoms with E-state index in [0.717, 1.165) is 58.2 Å². The number of nitrogens with one attached hydrogen (secondary N) is 3. The Bertz CT molecular complexity index is 2100. The number of fused-ring (bicyclic) bond motifs is 3. The Morgan fingerprint density at radius 1 is 0.634 bits per heavy atom. The fraction of sp³-hybridized carbons (Fsp3) is 0.0303. The van der Waals surface area contributed by atoms with Crippen LogP contribution >= 0.6 is 31.9 Å². The minimum atomic E-state index is -3.76. The molecule has 0 aliphatic carbocycles. The van der Waals surface area contributed by atoms with Crippen molar-refractivity contribution in [1.29, 1.82) is 0 Å². The summed E-state index contributed by atoms with van der Waals surface area (Å²) in [6.45, 7) is 0. The predicted molar refractivity (Wildman–Crippen MR) is 174 cm³/mol. The topological polar surface area (TPSA) is 77.8 Å². The maximum Gasteiger partial charge on any atom is 0.261 e. The molecule has 0 spiro atoms. The summed E-state index contributed by atoms with van der Waals surface area (Å²) in [5.41, 5.74) is 5.91. The van der Waals surface area contributed by atoms with Gasteiger partial charge in [0.25, 0.3) is 10.0 Å². The Morgan fingerprint density at radius 2 is 1.22 bits per heavy atom. The summed E-state index contributed by atoms with van der Waals surface area (Å²) in [5, 5.41) is 4.12. The number of hydrogen-bond acceptors (Lipinski definition) is 2. The molecule has 0 atom stereocenters. The number of hydrogen-bond donors (Lipinski definition) is 3. The predicted octanol–water partition coefficient (Wildman–Crippen LogP) is 9.31. The maximum absolute atomic E-state index is 13.3. The summed E-state index contributed by atoms with van der Waals surface area (Å²) in [7, 11) is -3.76. The lowest BCUT2D eigenvalue weighted by molar-refractivity contribution is 0.601. The second-order valence-corrected chi connectivity index (χ2v) is 13.6. The molecule has 5 nitrogen and oxygen atoms in total. The van der Waals surface area contributed by atoms with E-state index in [1.165, 1.54) is 0 Å². The van der Waals surface area contributed by atoms with Crippen molar-refractivity contribution in [3.8, 4) is 0 Å². The van der Waals surface area contributed by atoms with Crippen LogP contribution in [0.3, 0.4) is 0 Å². The molecule has 202 valence electrons. The van der Waals surface area contributed by atoms with Crippen LogP contribution in [0.2, 0.25) is 0 Å². The molecular formula is C33H23Br2N3O2S. The fourth-order valence-electron chi connectivity index (χ4n) is 5.53. The highest BCUT2D eigenvalue weighted by atomic mass is 79.9. The number of H-pyrrole nitrogens is 2. The molecule has 8 heteroatoms. The van der Waals surface area contributed by atoms with Crippen molar-refractivity contribution in [3.05, 3.63) is 141 Å². The second-order valence-electron chi connectivity index (χ2n) is 10.0. The Kier molecular flexibility index (Phi) is 6.49. The first-order valence-electron chi connectivity index (χ1n) is 13.0. The molecule has 0 saturated heterocycles. The molecular weight excluding hydrogens is 662 g/mol. The molecule has 0 fully saturated rings. The van der Waals surface area contributed by atoms with Gasteiger partial charge >= 0.3 is 0 Å². The van der Waals surface area contributed by atoms with Gasteiger partial charge in [0.05, 0.1) is 4.90 Å². The van der Waals surface area contributed by atoms with Gasteiger partial charge < -0.3 is 9.97 Å². The number of halogens is 2. The van der Waals surface area contributed by atoms with Crippen LogP contribution in [0.25, 0.3) is 32.6 Å². The zero-order valence-electron chi connectivity index (χ0n) is 21.5. The van der Waals surface area contributed by atoms with E-state index in [4.69, 9.17) is 0 Å². The number of sulfonamides is 1. The number of aromatic amines is 2. The van der Waals surface area contributed by atoms with E-state index in [9.17, 15) is 8.42 Å². The van der Waals surface area contributed by atoms with Crippen LogP contribution in [-0.2, 0) is 10.0 Å². The Morgan fingerprint density at radius 3 is 1.83 bits per heavy atom. The van der Waals surface area contributed by atoms with Gasteiger partial charge in [-0.3, -0.25) is 4.72 Å². The van der Waals surface area contributed by atoms with Gasteiger partial charge in [-0.25, -0.2) is 8.42 Å². The second kappa shape index (κ2) is 10.2. The van der Waals surface area contributed by atoms with Crippen LogP contribution in [0.15, 0.2) is 129 Å². The summed E-state index contributed by atoms with van der Waals surface area (Å²) in [5.74, 6) is -0.104. The van der Waals surface area contributed by atoms with Crippen molar-refractivity contribution in [2.45, 2.75) is 10.8 Å². The standard InChI is InChI=1S/C33H23Br2N3O2S/c34-23-8-13-31-27(16-23)29(18-36-31)33(30-19-37-32-14-9-24(35)17-28(30)32)21-5-10-25(11-6-21)38-41(39,40)26-12-7-20-3-1-2-4-22(20)15-26/h1-19,33,36-38H. The third kappa shape index (κ3) is 4.86. The lowest BCUT2D eigenvalue weighted by atomic mass is 9.85. The van der Waals surface area contributed by atoms with Gasteiger partial charge in [-0.05, 0) is 88.1 Å². The highest BCUT2D eigenvalue weighted by Crippen LogP contribution is 2.41. The normalized spacial score (nSPS) is 12.1. The van der Waals surface area contributed by atoms with Crippen LogP contribution in [-0.4, -0.2) is 18.4 Å². The molecule has 0 aliphatic rings. The van der Waals surface area contributed by atoms with E-state index in [1.54, 1.807) is 12.1 Å². The molecule has 7 rings (SSSR count). The van der Waals surface area contributed by atoms with Crippen LogP contribution in [0.5, 0.6) is 0 Å². The molecule has 2 heterocycles. The molecule has 3 N–H and O–H groups in total. The smallest absolute Gasteiger partial charge is 0.261 e. The van der Waals surface area contributed by atoms with Gasteiger partial charge in [-0.15, -0.1) is 0 Å². The van der Waals surface area contributed by atoms with Crippen LogP contribution in [0.1, 0.15) is 22.6 Å². The zero-order valence-corrected chi connectivity index (χ0v) is 25.5. The third-order valence-corrected chi connectivity index (χ3v) is 9.87. The molecule has 0 aliphatic heterocycles. The van der Waals surface area contributed by atoms with Gasteiger partial charge in [0.1, 0.15) is 0 Å². The molecule has 7 aromatic rings. The van der Waals surface area contributed by atoms with Gasteiger partial charge in [-0.1, -0.05) is 74.3 Å². The quantitative estimate of drug-likeness (QED) is 0.163. The summed E-state index contributed by atoms with van der Waals surface area (Å²) in [6.07, 6.45) is 4.13. The number of benzene rings is 5. The van der Waals surface area contributed by atoms with Gasteiger partial charge in [0.15, 0.2) is 0 Å². The first kappa shape index (κ1) is 26.1. The van der Waals surface area contributed by atoms with Crippen molar-refractivity contribution in [2.75, 3.05) is 4.72 Å². The lowest BCUT2D eigenvalue weighted by Gasteiger charge is -2.18. The fourth-order valence-corrected chi connectivity index (χ4v) is 7.34. The van der Waals surface area contributed by atoms with E-state index in [2.05, 4.69) is 83.2 Å². The van der Waals surface area contributed by atoms with E-state index in [0.29, 0.717) is 5.69 Å². The molecule has 0 saturated carbocycles. The number of anilines is 1. The van der Waals surface area contributed by atoms with E-state index in [1.807, 2.05) is 66.7 Å². The van der Waals surface area contributed by atoms with E-state index >= 15 is 0 Å². The molecule has 0 bridgehead atoms. The van der Waals surface area contributed by atoms with Gasteiger partial charge in [0, 0.05) is 54.8 Å². The largest absolute Gasteiger partial charge is 0.361 e. The minimum absolute atomic E-state index is 0.104. The molecule has 5 aromatic carbocycles. The number of rotatable bonds is 6. The Hall–Kier alpha value is -3.85. The highest BCUT2D eigenvalue weighted by molar-refractivity contribution is 9.10. The average molecular weight is 685 g/mol. The third-order valence-electron chi connectivity index (χ3n) is 7.50. The average Bonchev–Trinajstić information content (AvgIpc) is 3.58. The van der Waals surface area contributed by atoms with Crippen molar-refractivity contribution in [2.24, 2.45) is 0 Å². The summed E-state index contributed by atoms with van der Waals surface area (Å²) < 4.78 is 31.3. The van der Waals surface area contributed by atoms with Crippen molar-refractivity contribution >= 4 is 80.1 Å². The minimum Gasteiger partial charge on any atom is -0.361 e. The summed E-state index contributed by atoms with van der Waals surface area (Å²) in [6, 6.07) is 33.0. The summed E-state index contributed by atoms with van der Waals surface area (Å²) in [4.78, 5) is 7.09. The lowest BCUT2D eigenvalue weighted by Crippen LogP contribution is -2.13. The SMILES string of the molecule is O=S(=O)(Nc1ccc(C(c2c[nH]c3ccc(Br)cc23)c2c[nH]c3ccc(Br)cc23)cc1)c1ccc2ccccc2c1. The first-order valence-corrected chi connectivity index (χ1v) is 16.1. The van der Waals surface area contributed by atoms with Crippen molar-refractivity contribution in [3.63, 3.8) is 0 Å².